The first-order valence-corrected chi connectivity index (χ1v) is 8.40. The fourth-order valence-electron chi connectivity index (χ4n) is 1.84. The van der Waals surface area contributed by atoms with Crippen molar-refractivity contribution in [2.75, 3.05) is 13.2 Å². The standard InChI is InChI=1S/C18H19BrN2O3/c1-2-10-23-17-9-8-15(19)11-14(17)12-20-21-18(22)13-24-16-6-4-3-5-7-16/h3-9,11-12H,2,10,13H2,1H3,(H,21,22)/b20-12+. The van der Waals surface area contributed by atoms with Crippen molar-refractivity contribution >= 4 is 28.1 Å². The molecule has 2 aromatic rings. The minimum absolute atomic E-state index is 0.0982. The maximum Gasteiger partial charge on any atom is 0.277 e. The van der Waals surface area contributed by atoms with Crippen LogP contribution in [0, 0.1) is 0 Å². The Labute approximate surface area is 149 Å². The van der Waals surface area contributed by atoms with Gasteiger partial charge in [0, 0.05) is 10.0 Å². The van der Waals surface area contributed by atoms with E-state index in [0.717, 1.165) is 22.2 Å². The molecule has 0 saturated carbocycles. The summed E-state index contributed by atoms with van der Waals surface area (Å²) in [5, 5.41) is 3.96. The Bertz CT molecular complexity index is 690. The molecule has 0 spiro atoms. The van der Waals surface area contributed by atoms with Gasteiger partial charge in [0.15, 0.2) is 6.61 Å². The number of hydrogen-bond acceptors (Lipinski definition) is 4. The fourth-order valence-corrected chi connectivity index (χ4v) is 2.21. The highest BCUT2D eigenvalue weighted by Crippen LogP contribution is 2.21. The first-order valence-electron chi connectivity index (χ1n) is 7.61. The molecule has 5 nitrogen and oxygen atoms in total. The second-order valence-electron chi connectivity index (χ2n) is 4.93. The number of hydrazone groups is 1. The van der Waals surface area contributed by atoms with Crippen LogP contribution in [-0.2, 0) is 4.79 Å². The van der Waals surface area contributed by atoms with Gasteiger partial charge in [0.25, 0.3) is 5.91 Å². The molecule has 1 N–H and O–H groups in total. The number of carbonyl (C=O) groups excluding carboxylic acids is 1. The molecule has 2 rings (SSSR count). The number of amides is 1. The molecule has 24 heavy (non-hydrogen) atoms. The molecule has 0 saturated heterocycles. The van der Waals surface area contributed by atoms with Crippen LogP contribution in [0.15, 0.2) is 58.1 Å². The van der Waals surface area contributed by atoms with Crippen molar-refractivity contribution in [1.29, 1.82) is 0 Å². The topological polar surface area (TPSA) is 59.9 Å². The third kappa shape index (κ3) is 6.04. The largest absolute Gasteiger partial charge is 0.493 e. The highest BCUT2D eigenvalue weighted by molar-refractivity contribution is 9.10. The van der Waals surface area contributed by atoms with E-state index in [1.807, 2.05) is 43.3 Å². The predicted molar refractivity (Wildman–Crippen MR) is 97.6 cm³/mol. The average Bonchev–Trinajstić information content (AvgIpc) is 2.60. The summed E-state index contributed by atoms with van der Waals surface area (Å²) in [6.07, 6.45) is 2.47. The van der Waals surface area contributed by atoms with Crippen molar-refractivity contribution < 1.29 is 14.3 Å². The molecule has 0 aliphatic heterocycles. The van der Waals surface area contributed by atoms with E-state index in [-0.39, 0.29) is 12.5 Å². The number of halogens is 1. The zero-order chi connectivity index (χ0) is 17.2. The highest BCUT2D eigenvalue weighted by atomic mass is 79.9. The lowest BCUT2D eigenvalue weighted by molar-refractivity contribution is -0.123. The Hall–Kier alpha value is -2.34. The normalized spacial score (nSPS) is 10.6. The van der Waals surface area contributed by atoms with Gasteiger partial charge in [-0.2, -0.15) is 5.10 Å². The fraction of sp³-hybridized carbons (Fsp3) is 0.222. The number of ether oxygens (including phenoxy) is 2. The molecular weight excluding hydrogens is 372 g/mol. The SMILES string of the molecule is CCCOc1ccc(Br)cc1/C=N/NC(=O)COc1ccccc1. The predicted octanol–water partition coefficient (Wildman–Crippen LogP) is 3.77. The molecule has 0 radical (unpaired) electrons. The maximum absolute atomic E-state index is 11.7. The lowest BCUT2D eigenvalue weighted by atomic mass is 10.2. The van der Waals surface area contributed by atoms with Crippen LogP contribution in [0.1, 0.15) is 18.9 Å². The molecule has 0 aliphatic rings. The molecule has 0 aromatic heterocycles. The summed E-state index contributed by atoms with van der Waals surface area (Å²) in [4.78, 5) is 11.7. The van der Waals surface area contributed by atoms with Crippen LogP contribution in [0.5, 0.6) is 11.5 Å². The van der Waals surface area contributed by atoms with E-state index in [1.54, 1.807) is 18.3 Å². The monoisotopic (exact) mass is 390 g/mol. The van der Waals surface area contributed by atoms with Crippen molar-refractivity contribution in [2.24, 2.45) is 5.10 Å². The van der Waals surface area contributed by atoms with Crippen molar-refractivity contribution in [1.82, 2.24) is 5.43 Å². The number of benzene rings is 2. The molecule has 0 heterocycles. The Morgan fingerprint density at radius 1 is 1.21 bits per heavy atom. The quantitative estimate of drug-likeness (QED) is 0.551. The Morgan fingerprint density at radius 3 is 2.75 bits per heavy atom. The second-order valence-corrected chi connectivity index (χ2v) is 5.84. The van der Waals surface area contributed by atoms with Gasteiger partial charge in [0.2, 0.25) is 0 Å². The van der Waals surface area contributed by atoms with Gasteiger partial charge in [-0.05, 0) is 36.8 Å². The van der Waals surface area contributed by atoms with Crippen LogP contribution in [0.4, 0.5) is 0 Å². The minimum Gasteiger partial charge on any atom is -0.493 e. The van der Waals surface area contributed by atoms with E-state index in [0.29, 0.717) is 12.4 Å². The Balaban J connectivity index is 1.88. The van der Waals surface area contributed by atoms with E-state index in [2.05, 4.69) is 26.5 Å². The lowest BCUT2D eigenvalue weighted by Crippen LogP contribution is -2.24. The summed E-state index contributed by atoms with van der Waals surface area (Å²) < 4.78 is 11.9. The van der Waals surface area contributed by atoms with Crippen LogP contribution >= 0.6 is 15.9 Å². The zero-order valence-corrected chi connectivity index (χ0v) is 15.0. The second kappa shape index (κ2) is 9.72. The van der Waals surface area contributed by atoms with Crippen LogP contribution in [-0.4, -0.2) is 25.3 Å². The molecule has 126 valence electrons. The maximum atomic E-state index is 11.7. The first kappa shape index (κ1) is 18.0. The van der Waals surface area contributed by atoms with E-state index < -0.39 is 0 Å². The summed E-state index contributed by atoms with van der Waals surface area (Å²) in [6, 6.07) is 14.8. The van der Waals surface area contributed by atoms with E-state index in [9.17, 15) is 4.79 Å². The van der Waals surface area contributed by atoms with Gasteiger partial charge in [0.05, 0.1) is 12.8 Å². The molecule has 0 atom stereocenters. The van der Waals surface area contributed by atoms with Crippen LogP contribution < -0.4 is 14.9 Å². The third-order valence-electron chi connectivity index (χ3n) is 2.94. The van der Waals surface area contributed by atoms with Crippen molar-refractivity contribution in [3.63, 3.8) is 0 Å². The summed E-state index contributed by atoms with van der Waals surface area (Å²) in [5.74, 6) is 1.03. The Kier molecular flexibility index (Phi) is 7.29. The smallest absolute Gasteiger partial charge is 0.277 e. The number of nitrogens with zero attached hydrogens (tertiary/aromatic N) is 1. The van der Waals surface area contributed by atoms with Gasteiger partial charge in [-0.3, -0.25) is 4.79 Å². The van der Waals surface area contributed by atoms with E-state index in [1.165, 1.54) is 0 Å². The number of hydrogen-bond donors (Lipinski definition) is 1. The molecule has 0 aliphatic carbocycles. The average molecular weight is 391 g/mol. The summed E-state index contributed by atoms with van der Waals surface area (Å²) in [5.41, 5.74) is 3.22. The van der Waals surface area contributed by atoms with E-state index in [4.69, 9.17) is 9.47 Å². The number of carbonyl (C=O) groups is 1. The summed E-state index contributed by atoms with van der Waals surface area (Å²) >= 11 is 3.41. The van der Waals surface area contributed by atoms with Crippen LogP contribution in [0.25, 0.3) is 0 Å². The number of para-hydroxylation sites is 1. The van der Waals surface area contributed by atoms with Gasteiger partial charge >= 0.3 is 0 Å². The zero-order valence-electron chi connectivity index (χ0n) is 13.4. The van der Waals surface area contributed by atoms with Gasteiger partial charge in [-0.1, -0.05) is 41.1 Å². The van der Waals surface area contributed by atoms with Crippen LogP contribution in [0.3, 0.4) is 0 Å². The van der Waals surface area contributed by atoms with Crippen molar-refractivity contribution in [3.05, 3.63) is 58.6 Å². The van der Waals surface area contributed by atoms with Crippen LogP contribution in [0.2, 0.25) is 0 Å². The molecule has 0 fully saturated rings. The van der Waals surface area contributed by atoms with E-state index >= 15 is 0 Å². The van der Waals surface area contributed by atoms with Crippen molar-refractivity contribution in [3.8, 4) is 11.5 Å². The highest BCUT2D eigenvalue weighted by Gasteiger charge is 2.04. The molecular formula is C18H19BrN2O3. The molecule has 6 heteroatoms. The molecule has 0 bridgehead atoms. The Morgan fingerprint density at radius 2 is 2.00 bits per heavy atom. The summed E-state index contributed by atoms with van der Waals surface area (Å²) in [7, 11) is 0. The van der Waals surface area contributed by atoms with Gasteiger partial charge < -0.3 is 9.47 Å². The van der Waals surface area contributed by atoms with Gasteiger partial charge in [0.1, 0.15) is 11.5 Å². The third-order valence-corrected chi connectivity index (χ3v) is 3.43. The summed E-state index contributed by atoms with van der Waals surface area (Å²) in [6.45, 7) is 2.57. The number of nitrogens with one attached hydrogen (secondary N) is 1. The minimum atomic E-state index is -0.332. The first-order chi connectivity index (χ1) is 11.7. The molecule has 1 amide bonds. The molecule has 0 unspecified atom stereocenters. The van der Waals surface area contributed by atoms with Crippen molar-refractivity contribution in [2.45, 2.75) is 13.3 Å². The lowest BCUT2D eigenvalue weighted by Gasteiger charge is -2.08. The number of rotatable bonds is 8. The van der Waals surface area contributed by atoms with Gasteiger partial charge in [-0.25, -0.2) is 5.43 Å². The van der Waals surface area contributed by atoms with Gasteiger partial charge in [-0.15, -0.1) is 0 Å². The molecule has 2 aromatic carbocycles.